The van der Waals surface area contributed by atoms with E-state index >= 15 is 0 Å². The molecule has 0 heterocycles. The van der Waals surface area contributed by atoms with Gasteiger partial charge in [0.1, 0.15) is 0 Å². The molecule has 2 aromatic rings. The number of benzene rings is 2. The molecule has 0 aromatic heterocycles. The minimum Gasteiger partial charge on any atom is -0.481 e. The van der Waals surface area contributed by atoms with Crippen molar-refractivity contribution >= 4 is 32.7 Å². The van der Waals surface area contributed by atoms with E-state index < -0.39 is 11.4 Å². The zero-order valence-corrected chi connectivity index (χ0v) is 11.3. The maximum Gasteiger partial charge on any atom is 0.313 e. The van der Waals surface area contributed by atoms with Crippen LogP contribution < -0.4 is 0 Å². The molecule has 0 atom stereocenters. The number of carboxylic acids is 1. The Morgan fingerprint density at radius 1 is 1.18 bits per heavy atom. The number of hydrogen-bond donors (Lipinski definition) is 1. The van der Waals surface area contributed by atoms with Crippen LogP contribution in [0.25, 0.3) is 10.8 Å². The maximum atomic E-state index is 11.4. The Morgan fingerprint density at radius 3 is 2.35 bits per heavy atom. The van der Waals surface area contributed by atoms with Crippen molar-refractivity contribution in [2.24, 2.45) is 0 Å². The molecule has 0 fully saturated rings. The summed E-state index contributed by atoms with van der Waals surface area (Å²) in [5, 5.41) is 11.4. The summed E-state index contributed by atoms with van der Waals surface area (Å²) in [6.07, 6.45) is 0. The monoisotopic (exact) mass is 292 g/mol. The van der Waals surface area contributed by atoms with Gasteiger partial charge < -0.3 is 5.11 Å². The van der Waals surface area contributed by atoms with Crippen LogP contribution in [-0.2, 0) is 10.2 Å². The van der Waals surface area contributed by atoms with Crippen LogP contribution >= 0.6 is 15.9 Å². The zero-order chi connectivity index (χ0) is 12.6. The smallest absolute Gasteiger partial charge is 0.313 e. The van der Waals surface area contributed by atoms with Crippen molar-refractivity contribution in [1.29, 1.82) is 0 Å². The van der Waals surface area contributed by atoms with Crippen molar-refractivity contribution in [2.75, 3.05) is 0 Å². The van der Waals surface area contributed by atoms with E-state index in [0.717, 1.165) is 20.8 Å². The van der Waals surface area contributed by atoms with Gasteiger partial charge in [-0.25, -0.2) is 0 Å². The maximum absolute atomic E-state index is 11.4. The van der Waals surface area contributed by atoms with Gasteiger partial charge in [-0.05, 0) is 30.9 Å². The number of carboxylic acid groups (broad SMARTS) is 1. The predicted molar refractivity (Wildman–Crippen MR) is 72.3 cm³/mol. The molecule has 2 nitrogen and oxygen atoms in total. The first-order valence-corrected chi connectivity index (χ1v) is 6.15. The minimum atomic E-state index is -0.899. The molecule has 2 rings (SSSR count). The van der Waals surface area contributed by atoms with Gasteiger partial charge in [0.2, 0.25) is 0 Å². The molecule has 0 amide bonds. The van der Waals surface area contributed by atoms with Crippen LogP contribution in [0.3, 0.4) is 0 Å². The molecule has 0 unspecified atom stereocenters. The Labute approximate surface area is 108 Å². The lowest BCUT2D eigenvalue weighted by Gasteiger charge is -2.22. The van der Waals surface area contributed by atoms with Crippen LogP contribution in [0.5, 0.6) is 0 Å². The van der Waals surface area contributed by atoms with Gasteiger partial charge in [0, 0.05) is 9.86 Å². The number of hydrogen-bond acceptors (Lipinski definition) is 1. The molecule has 3 heteroatoms. The third-order valence-corrected chi connectivity index (χ3v) is 3.72. The van der Waals surface area contributed by atoms with Crippen molar-refractivity contribution in [3.8, 4) is 0 Å². The molecule has 88 valence electrons. The molecule has 0 bridgehead atoms. The normalized spacial score (nSPS) is 11.7. The SMILES string of the molecule is CC(C)(C(=O)O)c1cccc2cccc(Br)c12. The molecule has 2 aromatic carbocycles. The zero-order valence-electron chi connectivity index (χ0n) is 9.70. The summed E-state index contributed by atoms with van der Waals surface area (Å²) in [7, 11) is 0. The highest BCUT2D eigenvalue weighted by Gasteiger charge is 2.31. The fraction of sp³-hybridized carbons (Fsp3) is 0.214. The molecular formula is C14H13BrO2. The van der Waals surface area contributed by atoms with Crippen LogP contribution in [0.15, 0.2) is 40.9 Å². The Bertz CT molecular complexity index is 583. The molecule has 0 spiro atoms. The summed E-state index contributed by atoms with van der Waals surface area (Å²) in [6, 6.07) is 11.6. The van der Waals surface area contributed by atoms with Crippen molar-refractivity contribution in [3.63, 3.8) is 0 Å². The first-order chi connectivity index (χ1) is 7.94. The second-order valence-corrected chi connectivity index (χ2v) is 5.43. The number of rotatable bonds is 2. The van der Waals surface area contributed by atoms with Gasteiger partial charge in [0.25, 0.3) is 0 Å². The highest BCUT2D eigenvalue weighted by molar-refractivity contribution is 9.10. The fourth-order valence-corrected chi connectivity index (χ4v) is 2.53. The van der Waals surface area contributed by atoms with E-state index in [1.54, 1.807) is 13.8 Å². The van der Waals surface area contributed by atoms with Crippen molar-refractivity contribution in [1.82, 2.24) is 0 Å². The van der Waals surface area contributed by atoms with Gasteiger partial charge in [0.05, 0.1) is 5.41 Å². The molecule has 0 aliphatic rings. The standard InChI is InChI=1S/C14H13BrO2/c1-14(2,13(16)17)10-7-3-5-9-6-4-8-11(15)12(9)10/h3-8H,1-2H3,(H,16,17). The lowest BCUT2D eigenvalue weighted by molar-refractivity contribution is -0.142. The topological polar surface area (TPSA) is 37.3 Å². The predicted octanol–water partition coefficient (Wildman–Crippen LogP) is 3.96. The lowest BCUT2D eigenvalue weighted by Crippen LogP contribution is -2.28. The quantitative estimate of drug-likeness (QED) is 0.909. The van der Waals surface area contributed by atoms with Crippen molar-refractivity contribution in [3.05, 3.63) is 46.4 Å². The third kappa shape index (κ3) is 1.95. The molecule has 0 saturated heterocycles. The molecule has 0 saturated carbocycles. The van der Waals surface area contributed by atoms with Crippen LogP contribution in [0, 0.1) is 0 Å². The van der Waals surface area contributed by atoms with Gasteiger partial charge in [0.15, 0.2) is 0 Å². The summed E-state index contributed by atoms with van der Waals surface area (Å²) in [5.74, 6) is -0.819. The van der Waals surface area contributed by atoms with Gasteiger partial charge in [-0.2, -0.15) is 0 Å². The summed E-state index contributed by atoms with van der Waals surface area (Å²) >= 11 is 3.50. The Hall–Kier alpha value is -1.35. The Balaban J connectivity index is 2.83. The summed E-state index contributed by atoms with van der Waals surface area (Å²) in [4.78, 5) is 11.4. The van der Waals surface area contributed by atoms with E-state index in [4.69, 9.17) is 0 Å². The average molecular weight is 293 g/mol. The third-order valence-electron chi connectivity index (χ3n) is 3.06. The number of halogens is 1. The summed E-state index contributed by atoms with van der Waals surface area (Å²) in [6.45, 7) is 3.45. The molecule has 0 aliphatic carbocycles. The molecule has 1 N–H and O–H groups in total. The Morgan fingerprint density at radius 2 is 1.76 bits per heavy atom. The van der Waals surface area contributed by atoms with Crippen LogP contribution in [-0.4, -0.2) is 11.1 Å². The first kappa shape index (κ1) is 12.1. The average Bonchev–Trinajstić information content (AvgIpc) is 2.28. The Kier molecular flexibility index (Phi) is 2.96. The number of aliphatic carboxylic acids is 1. The van der Waals surface area contributed by atoms with E-state index in [1.165, 1.54) is 0 Å². The largest absolute Gasteiger partial charge is 0.481 e. The van der Waals surface area contributed by atoms with Crippen LogP contribution in [0.4, 0.5) is 0 Å². The van der Waals surface area contributed by atoms with Gasteiger partial charge in [-0.15, -0.1) is 0 Å². The molecule has 17 heavy (non-hydrogen) atoms. The first-order valence-electron chi connectivity index (χ1n) is 5.35. The van der Waals surface area contributed by atoms with Crippen LogP contribution in [0.1, 0.15) is 19.4 Å². The fourth-order valence-electron chi connectivity index (χ4n) is 1.93. The van der Waals surface area contributed by atoms with Gasteiger partial charge in [-0.3, -0.25) is 4.79 Å². The summed E-state index contributed by atoms with van der Waals surface area (Å²) < 4.78 is 0.930. The van der Waals surface area contributed by atoms with E-state index in [2.05, 4.69) is 15.9 Å². The highest BCUT2D eigenvalue weighted by Crippen LogP contribution is 2.34. The number of fused-ring (bicyclic) bond motifs is 1. The second-order valence-electron chi connectivity index (χ2n) is 4.57. The minimum absolute atomic E-state index is 0.819. The van der Waals surface area contributed by atoms with E-state index in [-0.39, 0.29) is 0 Å². The molecule has 0 radical (unpaired) electrons. The molecule has 0 aliphatic heterocycles. The van der Waals surface area contributed by atoms with Crippen LogP contribution in [0.2, 0.25) is 0 Å². The van der Waals surface area contributed by atoms with Crippen molar-refractivity contribution in [2.45, 2.75) is 19.3 Å². The van der Waals surface area contributed by atoms with E-state index in [1.807, 2.05) is 36.4 Å². The lowest BCUT2D eigenvalue weighted by atomic mass is 9.82. The van der Waals surface area contributed by atoms with E-state index in [0.29, 0.717) is 0 Å². The second kappa shape index (κ2) is 4.15. The van der Waals surface area contributed by atoms with E-state index in [9.17, 15) is 9.90 Å². The highest BCUT2D eigenvalue weighted by atomic mass is 79.9. The molecular weight excluding hydrogens is 280 g/mol. The van der Waals surface area contributed by atoms with Gasteiger partial charge in [-0.1, -0.05) is 46.3 Å². The summed E-state index contributed by atoms with van der Waals surface area (Å²) in [5.41, 5.74) is -0.0707. The van der Waals surface area contributed by atoms with Gasteiger partial charge >= 0.3 is 5.97 Å². The van der Waals surface area contributed by atoms with Crippen molar-refractivity contribution < 1.29 is 9.90 Å². The number of carbonyl (C=O) groups is 1.